The minimum Gasteiger partial charge on any atom is -0.376 e. The van der Waals surface area contributed by atoms with Crippen LogP contribution < -0.4 is 10.6 Å². The first-order valence-corrected chi connectivity index (χ1v) is 10.2. The molecular formula is C21H26N4O4. The van der Waals surface area contributed by atoms with Gasteiger partial charge in [-0.3, -0.25) is 24.5 Å². The van der Waals surface area contributed by atoms with Crippen molar-refractivity contribution in [1.29, 1.82) is 0 Å². The number of hydrogen-bond donors (Lipinski definition) is 2. The Bertz CT molecular complexity index is 860. The maximum absolute atomic E-state index is 12.8. The van der Waals surface area contributed by atoms with Crippen molar-refractivity contribution in [3.8, 4) is 0 Å². The second kappa shape index (κ2) is 7.85. The molecule has 1 atom stereocenters. The van der Waals surface area contributed by atoms with E-state index in [0.29, 0.717) is 30.1 Å². The van der Waals surface area contributed by atoms with E-state index in [2.05, 4.69) is 17.6 Å². The van der Waals surface area contributed by atoms with Crippen LogP contribution >= 0.6 is 0 Å². The van der Waals surface area contributed by atoms with E-state index < -0.39 is 11.9 Å². The molecule has 1 aromatic rings. The predicted octanol–water partition coefficient (Wildman–Crippen LogP) is 1.12. The van der Waals surface area contributed by atoms with E-state index in [1.165, 1.54) is 4.90 Å². The van der Waals surface area contributed by atoms with E-state index in [-0.39, 0.29) is 30.7 Å². The summed E-state index contributed by atoms with van der Waals surface area (Å²) < 4.78 is 0. The monoisotopic (exact) mass is 398 g/mol. The van der Waals surface area contributed by atoms with Gasteiger partial charge >= 0.3 is 0 Å². The lowest BCUT2D eigenvalue weighted by atomic mass is 9.99. The molecule has 0 aliphatic carbocycles. The fraction of sp³-hybridized carbons (Fsp3) is 0.524. The molecule has 0 bridgehead atoms. The largest absolute Gasteiger partial charge is 0.376 e. The molecule has 154 valence electrons. The zero-order valence-corrected chi connectivity index (χ0v) is 16.6. The summed E-state index contributed by atoms with van der Waals surface area (Å²) in [6, 6.07) is 4.84. The van der Waals surface area contributed by atoms with E-state index in [9.17, 15) is 19.2 Å². The van der Waals surface area contributed by atoms with Gasteiger partial charge in [0.1, 0.15) is 6.04 Å². The third kappa shape index (κ3) is 3.97. The maximum Gasteiger partial charge on any atom is 0.255 e. The van der Waals surface area contributed by atoms with Gasteiger partial charge in [-0.05, 0) is 42.9 Å². The molecule has 2 N–H and O–H groups in total. The smallest absolute Gasteiger partial charge is 0.255 e. The molecule has 0 saturated carbocycles. The van der Waals surface area contributed by atoms with Crippen molar-refractivity contribution in [2.24, 2.45) is 5.92 Å². The van der Waals surface area contributed by atoms with E-state index in [0.717, 1.165) is 31.5 Å². The van der Waals surface area contributed by atoms with E-state index in [1.54, 1.807) is 6.07 Å². The predicted molar refractivity (Wildman–Crippen MR) is 106 cm³/mol. The zero-order valence-electron chi connectivity index (χ0n) is 16.6. The lowest BCUT2D eigenvalue weighted by Gasteiger charge is -2.30. The molecule has 1 aromatic carbocycles. The van der Waals surface area contributed by atoms with E-state index >= 15 is 0 Å². The zero-order chi connectivity index (χ0) is 20.5. The molecule has 29 heavy (non-hydrogen) atoms. The summed E-state index contributed by atoms with van der Waals surface area (Å²) in [4.78, 5) is 52.2. The number of amides is 4. The van der Waals surface area contributed by atoms with Crippen molar-refractivity contribution in [1.82, 2.24) is 15.1 Å². The Kier molecular flexibility index (Phi) is 5.25. The first-order valence-electron chi connectivity index (χ1n) is 10.2. The molecular weight excluding hydrogens is 372 g/mol. The fourth-order valence-corrected chi connectivity index (χ4v) is 4.21. The van der Waals surface area contributed by atoms with Crippen LogP contribution in [0.1, 0.15) is 48.5 Å². The minimum absolute atomic E-state index is 0.0638. The highest BCUT2D eigenvalue weighted by Gasteiger charge is 2.39. The van der Waals surface area contributed by atoms with Gasteiger partial charge in [-0.15, -0.1) is 0 Å². The maximum atomic E-state index is 12.8. The highest BCUT2D eigenvalue weighted by Crippen LogP contribution is 2.29. The highest BCUT2D eigenvalue weighted by molar-refractivity contribution is 6.05. The number of hydrogen-bond acceptors (Lipinski definition) is 5. The molecule has 4 rings (SSSR count). The quantitative estimate of drug-likeness (QED) is 0.741. The number of carbonyl (C=O) groups excluding carboxylic acids is 4. The molecule has 0 aromatic heterocycles. The van der Waals surface area contributed by atoms with Gasteiger partial charge in [0.2, 0.25) is 17.7 Å². The van der Waals surface area contributed by atoms with Crippen molar-refractivity contribution in [2.75, 3.05) is 25.0 Å². The van der Waals surface area contributed by atoms with Crippen LogP contribution in [0, 0.1) is 5.92 Å². The third-order valence-corrected chi connectivity index (χ3v) is 6.11. The average Bonchev–Trinajstić information content (AvgIpc) is 3.03. The Morgan fingerprint density at radius 3 is 2.66 bits per heavy atom. The molecule has 1 unspecified atom stereocenters. The topological polar surface area (TPSA) is 98.8 Å². The molecule has 2 fully saturated rings. The van der Waals surface area contributed by atoms with Crippen LogP contribution in [-0.4, -0.2) is 59.1 Å². The summed E-state index contributed by atoms with van der Waals surface area (Å²) in [5.74, 6) is -0.192. The number of imide groups is 1. The molecule has 3 aliphatic rings. The summed E-state index contributed by atoms with van der Waals surface area (Å²) in [7, 11) is 0. The molecule has 3 heterocycles. The Balaban J connectivity index is 1.38. The second-order valence-electron chi connectivity index (χ2n) is 8.19. The number of anilines is 1. The normalized spacial score (nSPS) is 22.5. The van der Waals surface area contributed by atoms with E-state index in [4.69, 9.17) is 0 Å². The molecule has 0 spiro atoms. The van der Waals surface area contributed by atoms with Crippen LogP contribution in [0.25, 0.3) is 0 Å². The van der Waals surface area contributed by atoms with Gasteiger partial charge in [0.05, 0.1) is 6.54 Å². The first-order chi connectivity index (χ1) is 13.9. The second-order valence-corrected chi connectivity index (χ2v) is 8.19. The van der Waals surface area contributed by atoms with Gasteiger partial charge < -0.3 is 15.1 Å². The Labute approximate surface area is 169 Å². The number of rotatable bonds is 4. The summed E-state index contributed by atoms with van der Waals surface area (Å²) in [5.41, 5.74) is 2.10. The third-order valence-electron chi connectivity index (χ3n) is 6.11. The van der Waals surface area contributed by atoms with E-state index in [1.807, 2.05) is 17.0 Å². The summed E-state index contributed by atoms with van der Waals surface area (Å²) in [6.45, 7) is 4.35. The van der Waals surface area contributed by atoms with Crippen molar-refractivity contribution in [2.45, 2.75) is 45.2 Å². The molecule has 4 amide bonds. The van der Waals surface area contributed by atoms with Gasteiger partial charge in [0.15, 0.2) is 0 Å². The Morgan fingerprint density at radius 1 is 1.17 bits per heavy atom. The molecule has 8 nitrogen and oxygen atoms in total. The molecule has 8 heteroatoms. The van der Waals surface area contributed by atoms with Crippen LogP contribution in [0.2, 0.25) is 0 Å². The summed E-state index contributed by atoms with van der Waals surface area (Å²) >= 11 is 0. The Hall–Kier alpha value is -2.90. The van der Waals surface area contributed by atoms with Crippen molar-refractivity contribution in [3.05, 3.63) is 29.3 Å². The SMILES string of the molecule is CC1CCN(C(=O)CNc2ccc3c(c2)C(=O)N(C2CCC(=O)NC2=O)C3)CC1. The van der Waals surface area contributed by atoms with Gasteiger partial charge in [-0.2, -0.15) is 0 Å². The molecule has 3 aliphatic heterocycles. The Morgan fingerprint density at radius 2 is 1.93 bits per heavy atom. The van der Waals surface area contributed by atoms with Crippen molar-refractivity contribution < 1.29 is 19.2 Å². The van der Waals surface area contributed by atoms with Crippen molar-refractivity contribution in [3.63, 3.8) is 0 Å². The molecule has 2 saturated heterocycles. The summed E-state index contributed by atoms with van der Waals surface area (Å²) in [6.07, 6.45) is 2.66. The van der Waals surface area contributed by atoms with Gasteiger partial charge in [-0.25, -0.2) is 0 Å². The average molecular weight is 398 g/mol. The lowest BCUT2D eigenvalue weighted by molar-refractivity contribution is -0.137. The van der Waals surface area contributed by atoms with Crippen LogP contribution in [-0.2, 0) is 20.9 Å². The van der Waals surface area contributed by atoms with Crippen LogP contribution in [0.3, 0.4) is 0 Å². The summed E-state index contributed by atoms with van der Waals surface area (Å²) in [5, 5.41) is 5.43. The number of fused-ring (bicyclic) bond motifs is 1. The standard InChI is InChI=1S/C21H26N4O4/c1-13-6-8-24(9-7-13)19(27)11-22-15-3-2-14-12-25(21(29)16(14)10-15)17-4-5-18(26)23-20(17)28/h2-3,10,13,17,22H,4-9,11-12H2,1H3,(H,23,26,28). The van der Waals surface area contributed by atoms with Crippen LogP contribution in [0.15, 0.2) is 18.2 Å². The number of likely N-dealkylation sites (tertiary alicyclic amines) is 1. The number of nitrogens with one attached hydrogen (secondary N) is 2. The minimum atomic E-state index is -0.618. The van der Waals surface area contributed by atoms with Gasteiger partial charge in [0.25, 0.3) is 5.91 Å². The number of benzene rings is 1. The number of carbonyl (C=O) groups is 4. The number of nitrogens with zero attached hydrogens (tertiary/aromatic N) is 2. The molecule has 0 radical (unpaired) electrons. The lowest BCUT2D eigenvalue weighted by Crippen LogP contribution is -2.52. The fourth-order valence-electron chi connectivity index (χ4n) is 4.21. The number of piperidine rings is 2. The van der Waals surface area contributed by atoms with Crippen LogP contribution in [0.4, 0.5) is 5.69 Å². The highest BCUT2D eigenvalue weighted by atomic mass is 16.2. The first kappa shape index (κ1) is 19.4. The van der Waals surface area contributed by atoms with Crippen LogP contribution in [0.5, 0.6) is 0 Å². The van der Waals surface area contributed by atoms with Crippen molar-refractivity contribution >= 4 is 29.3 Å². The van der Waals surface area contributed by atoms with Gasteiger partial charge in [0, 0.05) is 37.3 Å². The van der Waals surface area contributed by atoms with Gasteiger partial charge in [-0.1, -0.05) is 13.0 Å².